The molecule has 0 atom stereocenters. The fourth-order valence-electron chi connectivity index (χ4n) is 4.23. The summed E-state index contributed by atoms with van der Waals surface area (Å²) in [6, 6.07) is 16.6. The number of nitrogens with zero attached hydrogens (tertiary/aromatic N) is 3. The van der Waals surface area contributed by atoms with Gasteiger partial charge in [0.2, 0.25) is 10.0 Å². The van der Waals surface area contributed by atoms with Crippen LogP contribution in [0, 0.1) is 0 Å². The molecule has 0 unspecified atom stereocenters. The van der Waals surface area contributed by atoms with Crippen LogP contribution < -0.4 is 0 Å². The average molecular weight is 426 g/mol. The van der Waals surface area contributed by atoms with E-state index in [1.165, 1.54) is 16.5 Å². The van der Waals surface area contributed by atoms with Gasteiger partial charge >= 0.3 is 0 Å². The second-order valence-electron chi connectivity index (χ2n) is 8.53. The molecular formula is C24H31N3O2S. The Hall–Kier alpha value is -2.15. The number of rotatable bonds is 8. The van der Waals surface area contributed by atoms with Crippen LogP contribution >= 0.6 is 0 Å². The molecule has 1 fully saturated rings. The molecule has 2 aromatic carbocycles. The third-order valence-corrected chi connectivity index (χ3v) is 7.71. The molecule has 6 heteroatoms. The summed E-state index contributed by atoms with van der Waals surface area (Å²) in [4.78, 5) is 2.18. The van der Waals surface area contributed by atoms with Gasteiger partial charge in [0.25, 0.3) is 0 Å². The van der Waals surface area contributed by atoms with E-state index in [-0.39, 0.29) is 5.75 Å². The molecule has 0 aliphatic carbocycles. The van der Waals surface area contributed by atoms with Crippen molar-refractivity contribution < 1.29 is 8.42 Å². The Bertz CT molecular complexity index is 1100. The van der Waals surface area contributed by atoms with Gasteiger partial charge in [0.05, 0.1) is 5.75 Å². The highest BCUT2D eigenvalue weighted by molar-refractivity contribution is 7.88. The van der Waals surface area contributed by atoms with E-state index < -0.39 is 10.0 Å². The molecule has 3 aromatic rings. The molecule has 1 saturated heterocycles. The smallest absolute Gasteiger partial charge is 0.218 e. The van der Waals surface area contributed by atoms with Crippen molar-refractivity contribution in [2.45, 2.75) is 31.6 Å². The lowest BCUT2D eigenvalue weighted by Gasteiger charge is -2.15. The fraction of sp³-hybridized carbons (Fsp3) is 0.417. The number of hydrogen-bond acceptors (Lipinski definition) is 3. The number of benzene rings is 2. The van der Waals surface area contributed by atoms with Gasteiger partial charge in [-0.05, 0) is 62.2 Å². The minimum Gasteiger partial charge on any atom is -0.343 e. The van der Waals surface area contributed by atoms with E-state index in [2.05, 4.69) is 66.2 Å². The summed E-state index contributed by atoms with van der Waals surface area (Å²) in [5, 5.41) is 1.17. The predicted molar refractivity (Wildman–Crippen MR) is 123 cm³/mol. The van der Waals surface area contributed by atoms with Gasteiger partial charge < -0.3 is 9.47 Å². The molecule has 1 aliphatic rings. The maximum atomic E-state index is 12.8. The molecule has 0 bridgehead atoms. The quantitative estimate of drug-likeness (QED) is 0.553. The lowest BCUT2D eigenvalue weighted by atomic mass is 10.1. The molecule has 160 valence electrons. The zero-order valence-electron chi connectivity index (χ0n) is 17.9. The first kappa shape index (κ1) is 21.1. The third kappa shape index (κ3) is 4.77. The van der Waals surface area contributed by atoms with Crippen LogP contribution in [0.4, 0.5) is 0 Å². The summed E-state index contributed by atoms with van der Waals surface area (Å²) in [7, 11) is 0.917. The second kappa shape index (κ2) is 8.92. The van der Waals surface area contributed by atoms with Gasteiger partial charge in [-0.3, -0.25) is 0 Å². The van der Waals surface area contributed by atoms with Crippen LogP contribution in [0.3, 0.4) is 0 Å². The molecule has 5 nitrogen and oxygen atoms in total. The molecule has 0 radical (unpaired) electrons. The largest absolute Gasteiger partial charge is 0.343 e. The Morgan fingerprint density at radius 3 is 2.40 bits per heavy atom. The maximum absolute atomic E-state index is 12.8. The summed E-state index contributed by atoms with van der Waals surface area (Å²) >= 11 is 0. The highest BCUT2D eigenvalue weighted by atomic mass is 32.2. The molecule has 0 N–H and O–H groups in total. The van der Waals surface area contributed by atoms with Crippen LogP contribution in [0.25, 0.3) is 10.9 Å². The standard InChI is InChI=1S/C24H31N3O2S/c1-25(2)15-12-22-18-26(17-20-8-4-3-5-9-20)24-11-10-21(16-23(22)24)19-30(28,29)27-13-6-7-14-27/h3-5,8-11,16,18H,6-7,12-15,17,19H2,1-2H3. The fourth-order valence-corrected chi connectivity index (χ4v) is 5.83. The van der Waals surface area contributed by atoms with Crippen molar-refractivity contribution in [1.82, 2.24) is 13.8 Å². The van der Waals surface area contributed by atoms with Crippen molar-refractivity contribution in [1.29, 1.82) is 0 Å². The van der Waals surface area contributed by atoms with E-state index in [0.717, 1.165) is 43.4 Å². The minimum atomic E-state index is -3.24. The van der Waals surface area contributed by atoms with E-state index in [4.69, 9.17) is 0 Å². The van der Waals surface area contributed by atoms with Gasteiger partial charge in [0, 0.05) is 43.3 Å². The molecule has 0 spiro atoms. The summed E-state index contributed by atoms with van der Waals surface area (Å²) in [6.45, 7) is 3.09. The first-order chi connectivity index (χ1) is 14.4. The van der Waals surface area contributed by atoms with Crippen molar-refractivity contribution in [3.63, 3.8) is 0 Å². The molecule has 0 amide bonds. The lowest BCUT2D eigenvalue weighted by molar-refractivity contribution is 0.414. The van der Waals surface area contributed by atoms with Crippen LogP contribution in [-0.2, 0) is 28.7 Å². The zero-order valence-corrected chi connectivity index (χ0v) is 18.7. The number of likely N-dealkylation sites (N-methyl/N-ethyl adjacent to an activating group) is 1. The number of fused-ring (bicyclic) bond motifs is 1. The van der Waals surface area contributed by atoms with Gasteiger partial charge in [0.15, 0.2) is 0 Å². The van der Waals surface area contributed by atoms with Crippen molar-refractivity contribution in [2.75, 3.05) is 33.7 Å². The van der Waals surface area contributed by atoms with E-state index >= 15 is 0 Å². The van der Waals surface area contributed by atoms with E-state index in [1.54, 1.807) is 4.31 Å². The molecular weight excluding hydrogens is 394 g/mol. The van der Waals surface area contributed by atoms with E-state index in [9.17, 15) is 8.42 Å². The van der Waals surface area contributed by atoms with Crippen molar-refractivity contribution in [3.05, 3.63) is 71.4 Å². The monoisotopic (exact) mass is 425 g/mol. The molecule has 1 aromatic heterocycles. The maximum Gasteiger partial charge on any atom is 0.218 e. The Morgan fingerprint density at radius 2 is 1.70 bits per heavy atom. The number of sulfonamides is 1. The average Bonchev–Trinajstić information content (AvgIpc) is 3.36. The minimum absolute atomic E-state index is 0.0833. The van der Waals surface area contributed by atoms with Gasteiger partial charge in [-0.15, -0.1) is 0 Å². The first-order valence-electron chi connectivity index (χ1n) is 10.7. The SMILES string of the molecule is CN(C)CCc1cn(Cc2ccccc2)c2ccc(CS(=O)(=O)N3CCCC3)cc12. The zero-order chi connectivity index (χ0) is 21.1. The highest BCUT2D eigenvalue weighted by Gasteiger charge is 2.25. The molecule has 0 saturated carbocycles. The van der Waals surface area contributed by atoms with Gasteiger partial charge in [-0.25, -0.2) is 12.7 Å². The van der Waals surface area contributed by atoms with E-state index in [1.807, 2.05) is 12.1 Å². The van der Waals surface area contributed by atoms with Crippen LogP contribution in [0.2, 0.25) is 0 Å². The molecule has 2 heterocycles. The summed E-state index contributed by atoms with van der Waals surface area (Å²) in [5.74, 6) is 0.0833. The first-order valence-corrected chi connectivity index (χ1v) is 12.3. The molecule has 4 rings (SSSR count). The Kier molecular flexibility index (Phi) is 6.27. The lowest BCUT2D eigenvalue weighted by Crippen LogP contribution is -2.29. The number of hydrogen-bond donors (Lipinski definition) is 0. The number of aromatic nitrogens is 1. The van der Waals surface area contributed by atoms with Gasteiger partial charge in [-0.1, -0.05) is 36.4 Å². The van der Waals surface area contributed by atoms with Crippen molar-refractivity contribution in [2.24, 2.45) is 0 Å². The Balaban J connectivity index is 1.67. The molecule has 1 aliphatic heterocycles. The van der Waals surface area contributed by atoms with Gasteiger partial charge in [-0.2, -0.15) is 0 Å². The summed E-state index contributed by atoms with van der Waals surface area (Å²) < 4.78 is 29.5. The highest BCUT2D eigenvalue weighted by Crippen LogP contribution is 2.26. The van der Waals surface area contributed by atoms with Crippen LogP contribution in [0.5, 0.6) is 0 Å². The van der Waals surface area contributed by atoms with Crippen molar-refractivity contribution in [3.8, 4) is 0 Å². The van der Waals surface area contributed by atoms with Gasteiger partial charge in [0.1, 0.15) is 0 Å². The van der Waals surface area contributed by atoms with Crippen molar-refractivity contribution >= 4 is 20.9 Å². The molecule has 30 heavy (non-hydrogen) atoms. The Morgan fingerprint density at radius 1 is 0.967 bits per heavy atom. The second-order valence-corrected chi connectivity index (χ2v) is 10.5. The third-order valence-electron chi connectivity index (χ3n) is 5.86. The summed E-state index contributed by atoms with van der Waals surface area (Å²) in [6.07, 6.45) is 5.11. The van der Waals surface area contributed by atoms with Crippen LogP contribution in [0.1, 0.15) is 29.5 Å². The Labute approximate surface area is 180 Å². The topological polar surface area (TPSA) is 45.6 Å². The predicted octanol–water partition coefficient (Wildman–Crippen LogP) is 3.72. The van der Waals surface area contributed by atoms with Crippen LogP contribution in [-0.4, -0.2) is 55.9 Å². The summed E-state index contributed by atoms with van der Waals surface area (Å²) in [5.41, 5.74) is 4.57. The normalized spacial score (nSPS) is 15.4. The van der Waals surface area contributed by atoms with Crippen LogP contribution in [0.15, 0.2) is 54.7 Å². The van der Waals surface area contributed by atoms with E-state index in [0.29, 0.717) is 13.1 Å².